The van der Waals surface area contributed by atoms with Crippen molar-refractivity contribution in [3.8, 4) is 10.9 Å². The first-order chi connectivity index (χ1) is 24.0. The summed E-state index contributed by atoms with van der Waals surface area (Å²) in [5.41, 5.74) is 3.30. The van der Waals surface area contributed by atoms with Crippen molar-refractivity contribution in [2.75, 3.05) is 6.54 Å². The van der Waals surface area contributed by atoms with E-state index in [1.54, 1.807) is 17.0 Å². The van der Waals surface area contributed by atoms with Crippen LogP contribution in [0.25, 0.3) is 10.2 Å². The van der Waals surface area contributed by atoms with Gasteiger partial charge in [0.25, 0.3) is 11.1 Å². The van der Waals surface area contributed by atoms with Gasteiger partial charge in [0.2, 0.25) is 11.8 Å². The first-order valence-electron chi connectivity index (χ1n) is 17.1. The highest BCUT2D eigenvalue weighted by atomic mass is 32.1. The van der Waals surface area contributed by atoms with Gasteiger partial charge in [-0.25, -0.2) is 4.98 Å². The minimum absolute atomic E-state index is 0.141. The zero-order valence-electron chi connectivity index (χ0n) is 27.3. The summed E-state index contributed by atoms with van der Waals surface area (Å²) in [5.74, 6) is -0.658. The lowest BCUT2D eigenvalue weighted by Crippen LogP contribution is -2.57. The number of rotatable bonds is 8. The quantitative estimate of drug-likeness (QED) is 0.171. The van der Waals surface area contributed by atoms with Crippen LogP contribution in [0.5, 0.6) is 10.9 Å². The van der Waals surface area contributed by atoms with Gasteiger partial charge in [0, 0.05) is 18.9 Å². The van der Waals surface area contributed by atoms with Crippen molar-refractivity contribution in [2.45, 2.75) is 75.2 Å². The highest BCUT2D eigenvalue weighted by molar-refractivity contribution is 7.20. The van der Waals surface area contributed by atoms with Crippen LogP contribution in [0.1, 0.15) is 50.5 Å². The van der Waals surface area contributed by atoms with E-state index in [-0.39, 0.29) is 30.7 Å². The molecule has 3 amide bonds. The highest BCUT2D eigenvalue weighted by Gasteiger charge is 2.61. The highest BCUT2D eigenvalue weighted by Crippen LogP contribution is 2.45. The van der Waals surface area contributed by atoms with E-state index in [1.165, 1.54) is 11.3 Å². The molecule has 3 heterocycles. The van der Waals surface area contributed by atoms with Crippen molar-refractivity contribution in [3.05, 3.63) is 103 Å². The molecule has 1 saturated carbocycles. The van der Waals surface area contributed by atoms with Crippen LogP contribution in [-0.2, 0) is 20.9 Å². The minimum Gasteiger partial charge on any atom is -0.465 e. The van der Waals surface area contributed by atoms with Gasteiger partial charge in [-0.3, -0.25) is 14.4 Å². The molecule has 0 radical (unpaired) electrons. The molecule has 2 fully saturated rings. The SMILES string of the molecule is O=C1N[C@]2(C(=O)NOc3ccccc3)C[C@H]2C=CCCCCC[C@H](NCc2ccccc2)C(=O)N2C[C@H](Oc3nc4ccccc4s3)C[C@@H]12. The van der Waals surface area contributed by atoms with Crippen molar-refractivity contribution in [1.29, 1.82) is 0 Å². The van der Waals surface area contributed by atoms with Gasteiger partial charge in [0.15, 0.2) is 5.75 Å². The molecule has 1 aliphatic carbocycles. The van der Waals surface area contributed by atoms with E-state index in [0.717, 1.165) is 41.5 Å². The number of nitrogens with one attached hydrogen (secondary N) is 3. The molecule has 1 saturated heterocycles. The van der Waals surface area contributed by atoms with E-state index in [1.807, 2.05) is 78.9 Å². The second kappa shape index (κ2) is 14.8. The van der Waals surface area contributed by atoms with Crippen LogP contribution in [0, 0.1) is 5.92 Å². The first-order valence-corrected chi connectivity index (χ1v) is 17.9. The summed E-state index contributed by atoms with van der Waals surface area (Å²) in [5, 5.41) is 7.08. The normalized spacial score (nSPS) is 25.8. The Bertz CT molecular complexity index is 1770. The average molecular weight is 680 g/mol. The van der Waals surface area contributed by atoms with Crippen molar-refractivity contribution in [1.82, 2.24) is 26.0 Å². The second-order valence-corrected chi connectivity index (χ2v) is 14.0. The molecule has 254 valence electrons. The van der Waals surface area contributed by atoms with E-state index in [0.29, 0.717) is 30.3 Å². The lowest BCUT2D eigenvalue weighted by Gasteiger charge is -2.30. The number of benzene rings is 3. The molecule has 49 heavy (non-hydrogen) atoms. The number of fused-ring (bicyclic) bond motifs is 3. The lowest BCUT2D eigenvalue weighted by atomic mass is 10.0. The molecule has 7 rings (SSSR count). The van der Waals surface area contributed by atoms with Gasteiger partial charge in [-0.1, -0.05) is 97.0 Å². The standard InChI is InChI=1S/C38H41N5O5S/c44-34-32-22-29(47-37-40-30-19-12-13-21-33(30)49-37)25-43(32)35(45)31(39-24-26-14-6-4-7-15-26)20-11-3-1-2-8-16-27-23-38(27,41-34)36(46)42-48-28-17-9-5-10-18-28/h4-10,12-19,21,27,29,31-32,39H,1-3,11,20,22-25H2,(H,41,44)(H,42,46)/t27-,29-,31+,32+,38-/m1/s1. The van der Waals surface area contributed by atoms with Crippen molar-refractivity contribution in [2.24, 2.45) is 5.92 Å². The number of hydrogen-bond donors (Lipinski definition) is 3. The third kappa shape index (κ3) is 7.63. The number of hydroxylamine groups is 1. The van der Waals surface area contributed by atoms with Crippen LogP contribution in [-0.4, -0.2) is 57.9 Å². The number of para-hydroxylation sites is 2. The summed E-state index contributed by atoms with van der Waals surface area (Å²) >= 11 is 1.44. The molecular weight excluding hydrogens is 639 g/mol. The Morgan fingerprint density at radius 3 is 2.57 bits per heavy atom. The van der Waals surface area contributed by atoms with Gasteiger partial charge in [-0.2, -0.15) is 5.48 Å². The summed E-state index contributed by atoms with van der Waals surface area (Å²) < 4.78 is 7.37. The maximum atomic E-state index is 14.4. The second-order valence-electron chi connectivity index (χ2n) is 13.0. The Hall–Kier alpha value is -4.74. The van der Waals surface area contributed by atoms with Crippen LogP contribution in [0.3, 0.4) is 0 Å². The number of amides is 3. The number of carbonyl (C=O) groups excluding carboxylic acids is 3. The van der Waals surface area contributed by atoms with Gasteiger partial charge in [-0.05, 0) is 55.5 Å². The molecule has 3 aromatic carbocycles. The van der Waals surface area contributed by atoms with Crippen LogP contribution in [0.4, 0.5) is 0 Å². The number of ether oxygens (including phenoxy) is 1. The molecule has 0 bridgehead atoms. The first kappa shape index (κ1) is 32.8. The molecule has 5 atom stereocenters. The topological polar surface area (TPSA) is 122 Å². The summed E-state index contributed by atoms with van der Waals surface area (Å²) in [6.45, 7) is 0.763. The van der Waals surface area contributed by atoms with Gasteiger partial charge >= 0.3 is 0 Å². The van der Waals surface area contributed by atoms with E-state index in [2.05, 4.69) is 27.2 Å². The Kier molecular flexibility index (Phi) is 9.90. The average Bonchev–Trinajstić information content (AvgIpc) is 3.43. The molecule has 3 aliphatic rings. The summed E-state index contributed by atoms with van der Waals surface area (Å²) in [6, 6.07) is 25.5. The summed E-state index contributed by atoms with van der Waals surface area (Å²) in [7, 11) is 0. The molecule has 3 N–H and O–H groups in total. The van der Waals surface area contributed by atoms with Crippen molar-refractivity contribution < 1.29 is 24.0 Å². The monoisotopic (exact) mass is 679 g/mol. The number of thiazole rings is 1. The van der Waals surface area contributed by atoms with Crippen LogP contribution in [0.2, 0.25) is 0 Å². The molecule has 4 aromatic rings. The number of aromatic nitrogens is 1. The predicted molar refractivity (Wildman–Crippen MR) is 188 cm³/mol. The molecule has 10 nitrogen and oxygen atoms in total. The predicted octanol–water partition coefficient (Wildman–Crippen LogP) is 5.31. The molecule has 2 aliphatic heterocycles. The Labute approximate surface area is 289 Å². The van der Waals surface area contributed by atoms with Crippen LogP contribution < -0.4 is 25.7 Å². The van der Waals surface area contributed by atoms with Crippen molar-refractivity contribution in [3.63, 3.8) is 0 Å². The fraction of sp³-hybridized carbons (Fsp3) is 0.368. The molecule has 0 unspecified atom stereocenters. The summed E-state index contributed by atoms with van der Waals surface area (Å²) in [4.78, 5) is 54.3. The smallest absolute Gasteiger partial charge is 0.278 e. The van der Waals surface area contributed by atoms with Gasteiger partial charge in [-0.15, -0.1) is 0 Å². The third-order valence-electron chi connectivity index (χ3n) is 9.59. The minimum atomic E-state index is -1.19. The lowest BCUT2D eigenvalue weighted by molar-refractivity contribution is -0.142. The van der Waals surface area contributed by atoms with E-state index >= 15 is 0 Å². The fourth-order valence-electron chi connectivity index (χ4n) is 6.79. The molecule has 1 aromatic heterocycles. The van der Waals surface area contributed by atoms with Gasteiger partial charge < -0.3 is 25.1 Å². The van der Waals surface area contributed by atoms with Crippen molar-refractivity contribution >= 4 is 39.3 Å². The van der Waals surface area contributed by atoms with Crippen LogP contribution >= 0.6 is 11.3 Å². The van der Waals surface area contributed by atoms with E-state index in [4.69, 9.17) is 9.57 Å². The van der Waals surface area contributed by atoms with E-state index in [9.17, 15) is 14.4 Å². The molecular formula is C38H41N5O5S. The zero-order chi connectivity index (χ0) is 33.6. The Morgan fingerprint density at radius 2 is 1.76 bits per heavy atom. The number of allylic oxidation sites excluding steroid dienone is 1. The number of nitrogens with zero attached hydrogens (tertiary/aromatic N) is 2. The Balaban J connectivity index is 1.14. The zero-order valence-corrected chi connectivity index (χ0v) is 28.1. The van der Waals surface area contributed by atoms with Gasteiger partial charge in [0.1, 0.15) is 17.7 Å². The molecule has 11 heteroatoms. The number of hydrogen-bond acceptors (Lipinski definition) is 8. The summed E-state index contributed by atoms with van der Waals surface area (Å²) in [6.07, 6.45) is 8.71. The third-order valence-corrected chi connectivity index (χ3v) is 10.5. The Morgan fingerprint density at radius 1 is 0.980 bits per heavy atom. The molecule has 0 spiro atoms. The number of carbonyl (C=O) groups is 3. The van der Waals surface area contributed by atoms with Gasteiger partial charge in [0.05, 0.1) is 22.8 Å². The maximum Gasteiger partial charge on any atom is 0.278 e. The fourth-order valence-corrected chi connectivity index (χ4v) is 7.67. The largest absolute Gasteiger partial charge is 0.465 e. The maximum absolute atomic E-state index is 14.4. The van der Waals surface area contributed by atoms with E-state index < -0.39 is 29.6 Å². The van der Waals surface area contributed by atoms with Crippen LogP contribution in [0.15, 0.2) is 97.1 Å².